The van der Waals surface area contributed by atoms with Crippen LogP contribution in [0.5, 0.6) is 17.2 Å². The second-order valence-electron chi connectivity index (χ2n) is 10.9. The van der Waals surface area contributed by atoms with Crippen LogP contribution in [-0.4, -0.2) is 79.6 Å². The highest BCUT2D eigenvalue weighted by Crippen LogP contribution is 2.19. The molecular weight excluding hydrogens is 576 g/mol. The second kappa shape index (κ2) is 16.1. The first-order valence-electron chi connectivity index (χ1n) is 15.0. The minimum Gasteiger partial charge on any atom is -0.508 e. The number of carbonyl (C=O) groups is 4. The zero-order chi connectivity index (χ0) is 32.2. The molecule has 0 aromatic heterocycles. The number of fused-ring (bicyclic) bond motifs is 1. The van der Waals surface area contributed by atoms with Crippen LogP contribution in [0, 0.1) is 0 Å². The normalized spacial score (nSPS) is 17.9. The standard InChI is InChI=1S/C34H40N4O7/c1-38-19-20-45-30-11-4-3-10-27(30)32(41)37-28(33(42)35-18-6-8-23-7-5-9-26(21-23)44-2)16-17-31(40)36-29(34(38)43)22-24-12-14-25(39)15-13-24/h3-5,7,9-15,21,28-29,39H,6,8,16-20,22H2,1-2H3,(H,35,42)(H,36,40)(H,37,41)/t28-,29-/m0/s1. The average molecular weight is 617 g/mol. The molecule has 0 unspecified atom stereocenters. The number of nitrogens with one attached hydrogen (secondary N) is 3. The van der Waals surface area contributed by atoms with Crippen molar-refractivity contribution in [3.63, 3.8) is 0 Å². The van der Waals surface area contributed by atoms with Crippen molar-refractivity contribution in [2.45, 2.75) is 44.2 Å². The lowest BCUT2D eigenvalue weighted by atomic mass is 10.0. The number of likely N-dealkylation sites (N-methyl/N-ethyl adjacent to an activating group) is 1. The minimum atomic E-state index is -1.01. The van der Waals surface area contributed by atoms with Crippen LogP contribution in [0.2, 0.25) is 0 Å². The molecule has 1 aliphatic rings. The van der Waals surface area contributed by atoms with Gasteiger partial charge in [0.25, 0.3) is 5.91 Å². The van der Waals surface area contributed by atoms with Crippen molar-refractivity contribution in [1.82, 2.24) is 20.9 Å². The fourth-order valence-electron chi connectivity index (χ4n) is 5.02. The molecule has 4 N–H and O–H groups in total. The lowest BCUT2D eigenvalue weighted by Crippen LogP contribution is -2.50. The maximum absolute atomic E-state index is 13.4. The third-order valence-electron chi connectivity index (χ3n) is 7.56. The van der Waals surface area contributed by atoms with Crippen LogP contribution in [0.3, 0.4) is 0 Å². The lowest BCUT2D eigenvalue weighted by Gasteiger charge is -2.25. The number of carbonyl (C=O) groups excluding carboxylic acids is 4. The molecule has 11 heteroatoms. The average Bonchev–Trinajstić information content (AvgIpc) is 3.05. The van der Waals surface area contributed by atoms with Crippen molar-refractivity contribution >= 4 is 23.6 Å². The Labute approximate surface area is 262 Å². The zero-order valence-electron chi connectivity index (χ0n) is 25.6. The summed E-state index contributed by atoms with van der Waals surface area (Å²) in [6.07, 6.45) is 1.48. The van der Waals surface area contributed by atoms with E-state index in [1.165, 1.54) is 17.0 Å². The van der Waals surface area contributed by atoms with E-state index in [1.54, 1.807) is 50.6 Å². The molecular formula is C34H40N4O7. The Hall–Kier alpha value is -5.06. The Bertz CT molecular complexity index is 1480. The highest BCUT2D eigenvalue weighted by molar-refractivity contribution is 5.99. The van der Waals surface area contributed by atoms with Gasteiger partial charge in [0.05, 0.1) is 19.2 Å². The van der Waals surface area contributed by atoms with Crippen molar-refractivity contribution in [2.24, 2.45) is 0 Å². The lowest BCUT2D eigenvalue weighted by molar-refractivity contribution is -0.135. The minimum absolute atomic E-state index is 0.0122. The Morgan fingerprint density at radius 1 is 1.02 bits per heavy atom. The molecule has 1 heterocycles. The second-order valence-corrected chi connectivity index (χ2v) is 10.9. The molecule has 3 aromatic rings. The number of ether oxygens (including phenoxy) is 2. The number of hydrogen-bond donors (Lipinski definition) is 4. The van der Waals surface area contributed by atoms with Crippen molar-refractivity contribution in [1.29, 1.82) is 0 Å². The van der Waals surface area contributed by atoms with Gasteiger partial charge in [0.1, 0.15) is 35.9 Å². The molecule has 0 spiro atoms. The van der Waals surface area contributed by atoms with Crippen LogP contribution in [0.25, 0.3) is 0 Å². The molecule has 4 amide bonds. The zero-order valence-corrected chi connectivity index (χ0v) is 25.6. The molecule has 11 nitrogen and oxygen atoms in total. The first kappa shape index (κ1) is 32.8. The first-order chi connectivity index (χ1) is 21.7. The Morgan fingerprint density at radius 3 is 2.58 bits per heavy atom. The predicted octanol–water partition coefficient (Wildman–Crippen LogP) is 2.61. The smallest absolute Gasteiger partial charge is 0.255 e. The number of phenols is 1. The molecule has 45 heavy (non-hydrogen) atoms. The monoisotopic (exact) mass is 616 g/mol. The highest BCUT2D eigenvalue weighted by Gasteiger charge is 2.28. The number of amides is 4. The quantitative estimate of drug-likeness (QED) is 0.285. The van der Waals surface area contributed by atoms with Gasteiger partial charge in [0.15, 0.2) is 0 Å². The van der Waals surface area contributed by atoms with E-state index >= 15 is 0 Å². The van der Waals surface area contributed by atoms with Gasteiger partial charge in [-0.1, -0.05) is 36.4 Å². The number of nitrogens with zero attached hydrogens (tertiary/aromatic N) is 1. The number of para-hydroxylation sites is 1. The summed E-state index contributed by atoms with van der Waals surface area (Å²) in [5.41, 5.74) is 2.06. The predicted molar refractivity (Wildman–Crippen MR) is 168 cm³/mol. The van der Waals surface area contributed by atoms with Gasteiger partial charge < -0.3 is 35.4 Å². The van der Waals surface area contributed by atoms with Crippen LogP contribution >= 0.6 is 0 Å². The van der Waals surface area contributed by atoms with E-state index in [4.69, 9.17) is 9.47 Å². The first-order valence-corrected chi connectivity index (χ1v) is 15.0. The fourth-order valence-corrected chi connectivity index (χ4v) is 5.02. The van der Waals surface area contributed by atoms with Gasteiger partial charge >= 0.3 is 0 Å². The molecule has 3 aromatic carbocycles. The van der Waals surface area contributed by atoms with E-state index < -0.39 is 29.8 Å². The number of rotatable bonds is 8. The Kier molecular flexibility index (Phi) is 11.8. The van der Waals surface area contributed by atoms with Crippen molar-refractivity contribution in [2.75, 3.05) is 33.9 Å². The number of hydrogen-bond acceptors (Lipinski definition) is 7. The molecule has 0 radical (unpaired) electrons. The van der Waals surface area contributed by atoms with Gasteiger partial charge in [0.2, 0.25) is 17.7 Å². The number of benzene rings is 3. The molecule has 4 rings (SSSR count). The largest absolute Gasteiger partial charge is 0.508 e. The summed E-state index contributed by atoms with van der Waals surface area (Å²) in [6.45, 7) is 0.672. The van der Waals surface area contributed by atoms with Crippen molar-refractivity contribution in [3.8, 4) is 17.2 Å². The van der Waals surface area contributed by atoms with Gasteiger partial charge in [-0.15, -0.1) is 0 Å². The summed E-state index contributed by atoms with van der Waals surface area (Å²) in [5.74, 6) is -0.501. The molecule has 0 saturated carbocycles. The van der Waals surface area contributed by atoms with Crippen molar-refractivity contribution < 1.29 is 33.8 Å². The Balaban J connectivity index is 1.48. The van der Waals surface area contributed by atoms with Crippen LogP contribution in [0.4, 0.5) is 0 Å². The highest BCUT2D eigenvalue weighted by atomic mass is 16.5. The summed E-state index contributed by atoms with van der Waals surface area (Å²) < 4.78 is 11.2. The molecule has 0 saturated heterocycles. The van der Waals surface area contributed by atoms with Gasteiger partial charge in [-0.2, -0.15) is 0 Å². The topological polar surface area (TPSA) is 146 Å². The summed E-state index contributed by atoms with van der Waals surface area (Å²) >= 11 is 0. The van der Waals surface area contributed by atoms with Crippen LogP contribution in [0.1, 0.15) is 40.7 Å². The molecule has 238 valence electrons. The van der Waals surface area contributed by atoms with E-state index in [-0.39, 0.29) is 49.6 Å². The summed E-state index contributed by atoms with van der Waals surface area (Å²) in [4.78, 5) is 54.7. The van der Waals surface area contributed by atoms with E-state index in [0.717, 1.165) is 16.9 Å². The van der Waals surface area contributed by atoms with E-state index in [2.05, 4.69) is 16.0 Å². The summed E-state index contributed by atoms with van der Waals surface area (Å²) in [6, 6.07) is 18.9. The van der Waals surface area contributed by atoms with E-state index in [1.807, 2.05) is 24.3 Å². The van der Waals surface area contributed by atoms with Gasteiger partial charge in [-0.05, 0) is 66.8 Å². The maximum Gasteiger partial charge on any atom is 0.255 e. The SMILES string of the molecule is COc1cccc(CCCNC(=O)[C@@H]2CCC(=O)N[C@@H](Cc3ccc(O)cc3)C(=O)N(C)CCOc3ccccc3C(=O)N2)c1. The molecule has 2 atom stereocenters. The number of phenolic OH excluding ortho intramolecular Hbond substituents is 1. The number of aromatic hydroxyl groups is 1. The molecule has 1 aliphatic heterocycles. The number of methoxy groups -OCH3 is 1. The maximum atomic E-state index is 13.4. The van der Waals surface area contributed by atoms with Gasteiger partial charge in [-0.3, -0.25) is 19.2 Å². The van der Waals surface area contributed by atoms with Crippen LogP contribution < -0.4 is 25.4 Å². The third kappa shape index (κ3) is 9.72. The number of aryl methyl sites for hydroxylation is 1. The van der Waals surface area contributed by atoms with E-state index in [0.29, 0.717) is 25.1 Å². The van der Waals surface area contributed by atoms with Crippen LogP contribution in [0.15, 0.2) is 72.8 Å². The molecule has 0 aliphatic carbocycles. The van der Waals surface area contributed by atoms with E-state index in [9.17, 15) is 24.3 Å². The van der Waals surface area contributed by atoms with Crippen molar-refractivity contribution in [3.05, 3.63) is 89.5 Å². The molecule has 0 fully saturated rings. The summed E-state index contributed by atoms with van der Waals surface area (Å²) in [5, 5.41) is 18.1. The summed E-state index contributed by atoms with van der Waals surface area (Å²) in [7, 11) is 3.23. The van der Waals surface area contributed by atoms with Gasteiger partial charge in [-0.25, -0.2) is 0 Å². The molecule has 0 bridgehead atoms. The van der Waals surface area contributed by atoms with Crippen LogP contribution in [-0.2, 0) is 27.2 Å². The fraction of sp³-hybridized carbons (Fsp3) is 0.353. The third-order valence-corrected chi connectivity index (χ3v) is 7.56. The Morgan fingerprint density at radius 2 is 1.80 bits per heavy atom. The van der Waals surface area contributed by atoms with Gasteiger partial charge in [0, 0.05) is 26.4 Å².